The van der Waals surface area contributed by atoms with Crippen LogP contribution in [0, 0.1) is 17.8 Å². The topological polar surface area (TPSA) is 12.0 Å². The van der Waals surface area contributed by atoms with Crippen LogP contribution in [0.1, 0.15) is 37.1 Å². The second kappa shape index (κ2) is 4.84. The van der Waals surface area contributed by atoms with Gasteiger partial charge in [-0.15, -0.1) is 11.3 Å². The van der Waals surface area contributed by atoms with Crippen molar-refractivity contribution >= 4 is 38.9 Å². The van der Waals surface area contributed by atoms with Gasteiger partial charge in [0.05, 0.1) is 8.81 Å². The van der Waals surface area contributed by atoms with Crippen molar-refractivity contribution in [3.8, 4) is 0 Å². The Morgan fingerprint density at radius 2 is 2.24 bits per heavy atom. The van der Waals surface area contributed by atoms with Crippen molar-refractivity contribution in [1.29, 1.82) is 0 Å². The van der Waals surface area contributed by atoms with Crippen molar-refractivity contribution in [2.24, 2.45) is 17.8 Å². The Morgan fingerprint density at radius 1 is 1.53 bits per heavy atom. The van der Waals surface area contributed by atoms with Gasteiger partial charge in [-0.25, -0.2) is 0 Å². The van der Waals surface area contributed by atoms with Crippen LogP contribution in [0.5, 0.6) is 0 Å². The van der Waals surface area contributed by atoms with Crippen molar-refractivity contribution in [2.45, 2.75) is 32.2 Å². The highest BCUT2D eigenvalue weighted by atomic mass is 79.9. The van der Waals surface area contributed by atoms with Crippen molar-refractivity contribution in [3.63, 3.8) is 0 Å². The van der Waals surface area contributed by atoms with Gasteiger partial charge in [0, 0.05) is 10.9 Å². The molecule has 2 saturated carbocycles. The first-order valence-corrected chi connectivity index (χ1v) is 8.39. The summed E-state index contributed by atoms with van der Waals surface area (Å²) in [6.07, 6.45) is 4.33. The highest BCUT2D eigenvalue weighted by Gasteiger charge is 2.56. The molecule has 0 spiro atoms. The van der Waals surface area contributed by atoms with Gasteiger partial charge in [0.15, 0.2) is 0 Å². The van der Waals surface area contributed by atoms with Crippen LogP contribution in [0.25, 0.3) is 0 Å². The van der Waals surface area contributed by atoms with Gasteiger partial charge < -0.3 is 5.32 Å². The van der Waals surface area contributed by atoms with Gasteiger partial charge in [0.1, 0.15) is 0 Å². The van der Waals surface area contributed by atoms with Gasteiger partial charge >= 0.3 is 0 Å². The van der Waals surface area contributed by atoms with E-state index >= 15 is 0 Å². The third kappa shape index (κ3) is 2.20. The molecule has 1 heterocycles. The first-order valence-electron chi connectivity index (χ1n) is 6.40. The van der Waals surface area contributed by atoms with Crippen molar-refractivity contribution in [2.75, 3.05) is 6.54 Å². The van der Waals surface area contributed by atoms with E-state index in [4.69, 9.17) is 11.6 Å². The molecule has 0 aromatic carbocycles. The first-order chi connectivity index (χ1) is 8.22. The molecular formula is C13H17BrClNS. The summed E-state index contributed by atoms with van der Waals surface area (Å²) in [7, 11) is 0. The maximum atomic E-state index is 6.16. The van der Waals surface area contributed by atoms with E-state index in [2.05, 4.69) is 34.2 Å². The molecule has 1 aromatic rings. The monoisotopic (exact) mass is 333 g/mol. The van der Waals surface area contributed by atoms with Gasteiger partial charge in [-0.2, -0.15) is 0 Å². The molecular weight excluding hydrogens is 318 g/mol. The van der Waals surface area contributed by atoms with E-state index < -0.39 is 0 Å². The van der Waals surface area contributed by atoms with Crippen molar-refractivity contribution in [3.05, 3.63) is 19.8 Å². The Kier molecular flexibility index (Phi) is 3.55. The third-order valence-electron chi connectivity index (χ3n) is 4.25. The number of thiophene rings is 1. The van der Waals surface area contributed by atoms with Gasteiger partial charge in [0.2, 0.25) is 0 Å². The van der Waals surface area contributed by atoms with Gasteiger partial charge in [-0.1, -0.05) is 24.9 Å². The largest absolute Gasteiger partial charge is 0.309 e. The molecule has 1 N–H and O–H groups in total. The van der Waals surface area contributed by atoms with Crippen molar-refractivity contribution in [1.82, 2.24) is 5.32 Å². The summed E-state index contributed by atoms with van der Waals surface area (Å²) in [4.78, 5) is 1.41. The van der Waals surface area contributed by atoms with Crippen LogP contribution < -0.4 is 5.32 Å². The van der Waals surface area contributed by atoms with Crippen LogP contribution in [0.3, 0.4) is 0 Å². The van der Waals surface area contributed by atoms with Gasteiger partial charge in [-0.3, -0.25) is 0 Å². The maximum absolute atomic E-state index is 6.16. The molecule has 0 amide bonds. The van der Waals surface area contributed by atoms with E-state index in [1.165, 1.54) is 24.1 Å². The first kappa shape index (κ1) is 12.5. The number of rotatable bonds is 4. The molecule has 1 aromatic heterocycles. The lowest BCUT2D eigenvalue weighted by Gasteiger charge is -2.18. The van der Waals surface area contributed by atoms with E-state index in [0.29, 0.717) is 6.04 Å². The van der Waals surface area contributed by atoms with Crippen LogP contribution >= 0.6 is 38.9 Å². The fraction of sp³-hybridized carbons (Fsp3) is 0.692. The zero-order valence-electron chi connectivity index (χ0n) is 9.88. The molecule has 3 atom stereocenters. The quantitative estimate of drug-likeness (QED) is 0.829. The molecule has 2 aliphatic rings. The second-order valence-electron chi connectivity index (χ2n) is 5.14. The SMILES string of the molecule is CCNC(c1cc(Cl)c(Br)s1)C1C2CCCC21. The highest BCUT2D eigenvalue weighted by molar-refractivity contribution is 9.11. The summed E-state index contributed by atoms with van der Waals surface area (Å²) in [6.45, 7) is 3.23. The molecule has 0 aliphatic heterocycles. The zero-order valence-corrected chi connectivity index (χ0v) is 13.0. The average molecular weight is 335 g/mol. The molecule has 3 unspecified atom stereocenters. The zero-order chi connectivity index (χ0) is 12.0. The molecule has 94 valence electrons. The predicted molar refractivity (Wildman–Crippen MR) is 77.8 cm³/mol. The number of fused-ring (bicyclic) bond motifs is 1. The molecule has 1 nitrogen and oxygen atoms in total. The molecule has 0 radical (unpaired) electrons. The lowest BCUT2D eigenvalue weighted by atomic mass is 10.0. The summed E-state index contributed by atoms with van der Waals surface area (Å²) in [6, 6.07) is 2.67. The summed E-state index contributed by atoms with van der Waals surface area (Å²) in [5.41, 5.74) is 0. The summed E-state index contributed by atoms with van der Waals surface area (Å²) in [5, 5.41) is 4.52. The molecule has 3 rings (SSSR count). The molecule has 2 aliphatic carbocycles. The molecule has 2 fully saturated rings. The molecule has 0 saturated heterocycles. The Labute approximate surface area is 120 Å². The number of hydrogen-bond acceptors (Lipinski definition) is 2. The average Bonchev–Trinajstić information content (AvgIpc) is 2.66. The molecule has 4 heteroatoms. The minimum Gasteiger partial charge on any atom is -0.309 e. The van der Waals surface area contributed by atoms with E-state index in [0.717, 1.165) is 33.1 Å². The standard InChI is InChI=1S/C13H17BrClNS/c1-2-16-12(10-6-9(15)13(14)17-10)11-7-4-3-5-8(7)11/h6-8,11-12,16H,2-5H2,1H3. The predicted octanol–water partition coefficient (Wildman–Crippen LogP) is 4.86. The van der Waals surface area contributed by atoms with E-state index in [1.54, 1.807) is 11.3 Å². The fourth-order valence-corrected chi connectivity index (χ4v) is 5.41. The fourth-order valence-electron chi connectivity index (χ4n) is 3.53. The lowest BCUT2D eigenvalue weighted by Crippen LogP contribution is -2.23. The Hall–Kier alpha value is 0.430. The third-order valence-corrected chi connectivity index (χ3v) is 6.81. The molecule has 17 heavy (non-hydrogen) atoms. The number of halogens is 2. The normalized spacial score (nSPS) is 32.5. The van der Waals surface area contributed by atoms with Crippen LogP contribution in [-0.4, -0.2) is 6.54 Å². The number of hydrogen-bond donors (Lipinski definition) is 1. The maximum Gasteiger partial charge on any atom is 0.0887 e. The van der Waals surface area contributed by atoms with Crippen molar-refractivity contribution < 1.29 is 0 Å². The summed E-state index contributed by atoms with van der Waals surface area (Å²) < 4.78 is 1.07. The van der Waals surface area contributed by atoms with E-state index in [9.17, 15) is 0 Å². The van der Waals surface area contributed by atoms with Crippen LogP contribution in [0.2, 0.25) is 5.02 Å². The summed E-state index contributed by atoms with van der Waals surface area (Å²) in [5.74, 6) is 2.84. The lowest BCUT2D eigenvalue weighted by molar-refractivity contribution is 0.431. The van der Waals surface area contributed by atoms with Gasteiger partial charge in [-0.05, 0) is 59.1 Å². The Morgan fingerprint density at radius 3 is 2.76 bits per heavy atom. The minimum absolute atomic E-state index is 0.532. The van der Waals surface area contributed by atoms with E-state index in [-0.39, 0.29) is 0 Å². The number of nitrogens with one attached hydrogen (secondary N) is 1. The molecule has 0 bridgehead atoms. The highest BCUT2D eigenvalue weighted by Crippen LogP contribution is 2.62. The minimum atomic E-state index is 0.532. The van der Waals surface area contributed by atoms with Crippen LogP contribution in [-0.2, 0) is 0 Å². The van der Waals surface area contributed by atoms with Gasteiger partial charge in [0.25, 0.3) is 0 Å². The summed E-state index contributed by atoms with van der Waals surface area (Å²) >= 11 is 11.5. The second-order valence-corrected chi connectivity index (χ2v) is 7.95. The Bertz CT molecular complexity index is 390. The smallest absolute Gasteiger partial charge is 0.0887 e. The Balaban J connectivity index is 1.80. The van der Waals surface area contributed by atoms with E-state index in [1.807, 2.05) is 0 Å². The van der Waals surface area contributed by atoms with Crippen LogP contribution in [0.4, 0.5) is 0 Å². The van der Waals surface area contributed by atoms with Crippen LogP contribution in [0.15, 0.2) is 9.85 Å².